The maximum absolute atomic E-state index is 14.3. The Morgan fingerprint density at radius 1 is 0.714 bits per heavy atom. The van der Waals surface area contributed by atoms with Gasteiger partial charge in [0, 0.05) is 5.56 Å². The Labute approximate surface area is 155 Å². The summed E-state index contributed by atoms with van der Waals surface area (Å²) in [7, 11) is 0. The smallest absolute Gasteiger partial charge is 0.426 e. The van der Waals surface area contributed by atoms with Crippen molar-refractivity contribution in [2.24, 2.45) is 0 Å². The van der Waals surface area contributed by atoms with Crippen LogP contribution in [0.5, 0.6) is 5.75 Å². The lowest BCUT2D eigenvalue weighted by Gasteiger charge is -2.19. The van der Waals surface area contributed by atoms with Crippen LogP contribution in [0.25, 0.3) is 11.1 Å². The molecule has 0 amide bonds. The predicted molar refractivity (Wildman–Crippen MR) is 87.4 cm³/mol. The molecule has 0 heterocycles. The molecule has 3 rings (SSSR count). The summed E-state index contributed by atoms with van der Waals surface area (Å²) < 4.78 is 101. The summed E-state index contributed by atoms with van der Waals surface area (Å²) in [5.41, 5.74) is -1.03. The fraction of sp³-hybridized carbons (Fsp3) is 0.100. The zero-order valence-electron chi connectivity index (χ0n) is 14.2. The molecule has 3 aromatic rings. The van der Waals surface area contributed by atoms with Crippen LogP contribution in [-0.4, -0.2) is 0 Å². The highest BCUT2D eigenvalue weighted by Gasteiger charge is 2.36. The van der Waals surface area contributed by atoms with E-state index in [1.807, 2.05) is 0 Å². The first-order valence-electron chi connectivity index (χ1n) is 7.87. The maximum Gasteiger partial charge on any atom is 0.426 e. The van der Waals surface area contributed by atoms with E-state index in [1.165, 1.54) is 12.1 Å². The second kappa shape index (κ2) is 7.18. The molecule has 0 radical (unpaired) electrons. The number of ether oxygens (including phenoxy) is 1. The van der Waals surface area contributed by atoms with Crippen molar-refractivity contribution in [2.75, 3.05) is 0 Å². The summed E-state index contributed by atoms with van der Waals surface area (Å²) in [5.74, 6) is -9.56. The van der Waals surface area contributed by atoms with Crippen LogP contribution < -0.4 is 4.74 Å². The van der Waals surface area contributed by atoms with Gasteiger partial charge in [-0.15, -0.1) is 0 Å². The minimum Gasteiger partial charge on any atom is -0.426 e. The molecular formula is C20H11F7O. The summed E-state index contributed by atoms with van der Waals surface area (Å²) in [4.78, 5) is 0. The first kappa shape index (κ1) is 19.7. The number of rotatable bonds is 4. The number of alkyl halides is 2. The Morgan fingerprint density at radius 2 is 1.29 bits per heavy atom. The second-order valence-corrected chi connectivity index (χ2v) is 5.98. The molecule has 0 fully saturated rings. The maximum atomic E-state index is 14.3. The molecule has 8 heteroatoms. The van der Waals surface area contributed by atoms with E-state index in [1.54, 1.807) is 6.92 Å². The molecule has 0 atom stereocenters. The highest BCUT2D eigenvalue weighted by Crippen LogP contribution is 2.36. The Hall–Kier alpha value is -3.03. The van der Waals surface area contributed by atoms with Gasteiger partial charge in [0.05, 0.1) is 5.56 Å². The molecule has 1 nitrogen and oxygen atoms in total. The summed E-state index contributed by atoms with van der Waals surface area (Å²) in [5, 5.41) is 0. The van der Waals surface area contributed by atoms with Gasteiger partial charge < -0.3 is 4.74 Å². The molecule has 0 saturated heterocycles. The molecule has 0 N–H and O–H groups in total. The molecule has 146 valence electrons. The van der Waals surface area contributed by atoms with Crippen molar-refractivity contribution in [3.8, 4) is 16.9 Å². The third-order valence-electron chi connectivity index (χ3n) is 3.97. The lowest BCUT2D eigenvalue weighted by atomic mass is 10.0. The Kier molecular flexibility index (Phi) is 5.06. The quantitative estimate of drug-likeness (QED) is 0.360. The monoisotopic (exact) mass is 400 g/mol. The normalized spacial score (nSPS) is 11.6. The van der Waals surface area contributed by atoms with Crippen molar-refractivity contribution in [3.63, 3.8) is 0 Å². The van der Waals surface area contributed by atoms with Crippen LogP contribution in [0.2, 0.25) is 0 Å². The number of hydrogen-bond acceptors (Lipinski definition) is 1. The van der Waals surface area contributed by atoms with Crippen LogP contribution in [0, 0.1) is 36.0 Å². The van der Waals surface area contributed by atoms with E-state index >= 15 is 0 Å². The highest BCUT2D eigenvalue weighted by molar-refractivity contribution is 5.65. The number of benzene rings is 3. The molecule has 3 aromatic carbocycles. The third kappa shape index (κ3) is 3.67. The van der Waals surface area contributed by atoms with Crippen LogP contribution in [0.15, 0.2) is 48.5 Å². The Balaban J connectivity index is 1.97. The predicted octanol–water partition coefficient (Wildman–Crippen LogP) is 6.49. The van der Waals surface area contributed by atoms with Gasteiger partial charge >= 0.3 is 6.11 Å². The van der Waals surface area contributed by atoms with E-state index in [0.29, 0.717) is 23.8 Å². The minimum absolute atomic E-state index is 0.456. The fourth-order valence-corrected chi connectivity index (χ4v) is 2.49. The fourth-order valence-electron chi connectivity index (χ4n) is 2.49. The molecule has 0 aliphatic carbocycles. The van der Waals surface area contributed by atoms with E-state index in [9.17, 15) is 30.7 Å². The summed E-state index contributed by atoms with van der Waals surface area (Å²) in [6.07, 6.45) is -3.96. The standard InChI is InChI=1S/C20H11F7O/c1-10-2-4-12(5-3-10)20(26,27)28-16-7-6-13(17(23)19(16)25)11-8-14(21)18(24)15(22)9-11/h2-9H,1H3. The van der Waals surface area contributed by atoms with Crippen molar-refractivity contribution in [3.05, 3.63) is 88.7 Å². The zero-order valence-corrected chi connectivity index (χ0v) is 14.2. The van der Waals surface area contributed by atoms with Crippen molar-refractivity contribution in [2.45, 2.75) is 13.0 Å². The van der Waals surface area contributed by atoms with Gasteiger partial charge in [0.2, 0.25) is 5.82 Å². The van der Waals surface area contributed by atoms with Crippen molar-refractivity contribution >= 4 is 0 Å². The van der Waals surface area contributed by atoms with Crippen molar-refractivity contribution < 1.29 is 35.5 Å². The van der Waals surface area contributed by atoms with Gasteiger partial charge in [-0.05, 0) is 48.9 Å². The molecule has 0 aromatic heterocycles. The first-order valence-corrected chi connectivity index (χ1v) is 7.87. The zero-order chi connectivity index (χ0) is 20.6. The average molecular weight is 400 g/mol. The van der Waals surface area contributed by atoms with Gasteiger partial charge in [0.1, 0.15) is 0 Å². The summed E-state index contributed by atoms with van der Waals surface area (Å²) in [6, 6.07) is 7.33. The Bertz CT molecular complexity index is 1010. The van der Waals surface area contributed by atoms with Crippen molar-refractivity contribution in [1.29, 1.82) is 0 Å². The molecule has 0 bridgehead atoms. The molecule has 28 heavy (non-hydrogen) atoms. The van der Waals surface area contributed by atoms with Crippen LogP contribution in [0.4, 0.5) is 30.7 Å². The van der Waals surface area contributed by atoms with E-state index in [0.717, 1.165) is 18.2 Å². The van der Waals surface area contributed by atoms with Gasteiger partial charge in [-0.3, -0.25) is 0 Å². The van der Waals surface area contributed by atoms with E-state index in [4.69, 9.17) is 0 Å². The van der Waals surface area contributed by atoms with E-state index < -0.39 is 57.6 Å². The number of aryl methyl sites for hydroxylation is 1. The minimum atomic E-state index is -3.96. The van der Waals surface area contributed by atoms with Crippen molar-refractivity contribution in [1.82, 2.24) is 0 Å². The first-order chi connectivity index (χ1) is 13.1. The Morgan fingerprint density at radius 3 is 1.86 bits per heavy atom. The van der Waals surface area contributed by atoms with Crippen LogP contribution in [0.1, 0.15) is 11.1 Å². The SMILES string of the molecule is Cc1ccc(C(F)(F)Oc2ccc(-c3cc(F)c(F)c(F)c3)c(F)c2F)cc1. The van der Waals surface area contributed by atoms with Crippen LogP contribution >= 0.6 is 0 Å². The van der Waals surface area contributed by atoms with Gasteiger partial charge in [-0.25, -0.2) is 17.6 Å². The third-order valence-corrected chi connectivity index (χ3v) is 3.97. The highest BCUT2D eigenvalue weighted by atomic mass is 19.3. The molecular weight excluding hydrogens is 389 g/mol. The van der Waals surface area contributed by atoms with Gasteiger partial charge in [0.15, 0.2) is 29.0 Å². The molecule has 0 saturated carbocycles. The van der Waals surface area contributed by atoms with E-state index in [2.05, 4.69) is 4.74 Å². The molecule has 0 aliphatic rings. The number of halogens is 7. The lowest BCUT2D eigenvalue weighted by Crippen LogP contribution is -2.22. The van der Waals surface area contributed by atoms with E-state index in [-0.39, 0.29) is 0 Å². The largest absolute Gasteiger partial charge is 0.426 e. The van der Waals surface area contributed by atoms with Crippen LogP contribution in [-0.2, 0) is 6.11 Å². The summed E-state index contributed by atoms with van der Waals surface area (Å²) >= 11 is 0. The molecule has 0 spiro atoms. The van der Waals surface area contributed by atoms with Gasteiger partial charge in [-0.1, -0.05) is 17.7 Å². The van der Waals surface area contributed by atoms with Gasteiger partial charge in [0.25, 0.3) is 0 Å². The second-order valence-electron chi connectivity index (χ2n) is 5.98. The average Bonchev–Trinajstić information content (AvgIpc) is 2.63. The lowest BCUT2D eigenvalue weighted by molar-refractivity contribution is -0.187. The summed E-state index contributed by atoms with van der Waals surface area (Å²) in [6.45, 7) is 1.68. The number of hydrogen-bond donors (Lipinski definition) is 0. The van der Waals surface area contributed by atoms with Crippen LogP contribution in [0.3, 0.4) is 0 Å². The molecule has 0 unspecified atom stereocenters. The van der Waals surface area contributed by atoms with Gasteiger partial charge in [-0.2, -0.15) is 13.2 Å². The molecule has 0 aliphatic heterocycles. The topological polar surface area (TPSA) is 9.23 Å².